The molecule has 0 aliphatic rings. The summed E-state index contributed by atoms with van der Waals surface area (Å²) < 4.78 is 1.27. The third kappa shape index (κ3) is 1.31. The molecule has 0 spiro atoms. The molecule has 0 N–H and O–H groups in total. The van der Waals surface area contributed by atoms with Gasteiger partial charge in [-0.3, -0.25) is 4.98 Å². The summed E-state index contributed by atoms with van der Waals surface area (Å²) in [5.74, 6) is 0. The highest BCUT2D eigenvalue weighted by Gasteiger charge is 1.97. The second kappa shape index (κ2) is 3.01. The minimum Gasteiger partial charge on any atom is -0.256 e. The zero-order valence-electron chi connectivity index (χ0n) is 6.71. The SMILES string of the molecule is Cc1ccc2nccc(I)c2c1. The van der Waals surface area contributed by atoms with Gasteiger partial charge in [0.15, 0.2) is 0 Å². The first-order chi connectivity index (χ1) is 5.77. The van der Waals surface area contributed by atoms with E-state index in [1.807, 2.05) is 12.3 Å². The van der Waals surface area contributed by atoms with Gasteiger partial charge in [0, 0.05) is 15.2 Å². The van der Waals surface area contributed by atoms with Crippen molar-refractivity contribution in [1.82, 2.24) is 4.98 Å². The van der Waals surface area contributed by atoms with Gasteiger partial charge in [-0.15, -0.1) is 0 Å². The van der Waals surface area contributed by atoms with Crippen LogP contribution in [0.2, 0.25) is 0 Å². The Bertz CT molecular complexity index is 423. The van der Waals surface area contributed by atoms with E-state index in [2.05, 4.69) is 52.7 Å². The molecule has 60 valence electrons. The first-order valence-electron chi connectivity index (χ1n) is 3.78. The molecule has 1 aromatic heterocycles. The number of halogens is 1. The molecule has 1 aromatic carbocycles. The van der Waals surface area contributed by atoms with Gasteiger partial charge >= 0.3 is 0 Å². The molecule has 0 fully saturated rings. The second-order valence-electron chi connectivity index (χ2n) is 2.81. The molecule has 12 heavy (non-hydrogen) atoms. The van der Waals surface area contributed by atoms with E-state index in [4.69, 9.17) is 0 Å². The van der Waals surface area contributed by atoms with Crippen LogP contribution in [0, 0.1) is 10.5 Å². The van der Waals surface area contributed by atoms with Crippen LogP contribution in [0.3, 0.4) is 0 Å². The Balaban J connectivity index is 2.88. The first kappa shape index (κ1) is 7.98. The average Bonchev–Trinajstić information content (AvgIpc) is 2.07. The summed E-state index contributed by atoms with van der Waals surface area (Å²) in [6.07, 6.45) is 1.85. The van der Waals surface area contributed by atoms with Gasteiger partial charge in [-0.2, -0.15) is 0 Å². The van der Waals surface area contributed by atoms with Gasteiger partial charge in [-0.1, -0.05) is 11.6 Å². The fourth-order valence-corrected chi connectivity index (χ4v) is 1.82. The van der Waals surface area contributed by atoms with Crippen molar-refractivity contribution in [2.45, 2.75) is 6.92 Å². The Morgan fingerprint density at radius 1 is 1.25 bits per heavy atom. The van der Waals surface area contributed by atoms with E-state index in [-0.39, 0.29) is 0 Å². The van der Waals surface area contributed by atoms with Crippen molar-refractivity contribution in [2.75, 3.05) is 0 Å². The lowest BCUT2D eigenvalue weighted by Gasteiger charge is -1.99. The molecule has 0 aliphatic heterocycles. The number of hydrogen-bond acceptors (Lipinski definition) is 1. The summed E-state index contributed by atoms with van der Waals surface area (Å²) in [5, 5.41) is 1.25. The van der Waals surface area contributed by atoms with Crippen molar-refractivity contribution in [2.24, 2.45) is 0 Å². The van der Waals surface area contributed by atoms with E-state index in [1.165, 1.54) is 14.5 Å². The molecule has 0 unspecified atom stereocenters. The Kier molecular flexibility index (Phi) is 2.00. The maximum atomic E-state index is 4.28. The van der Waals surface area contributed by atoms with Gasteiger partial charge in [0.05, 0.1) is 5.52 Å². The Morgan fingerprint density at radius 2 is 2.08 bits per heavy atom. The number of aryl methyl sites for hydroxylation is 1. The van der Waals surface area contributed by atoms with Gasteiger partial charge in [-0.25, -0.2) is 0 Å². The molecule has 1 heterocycles. The van der Waals surface area contributed by atoms with Gasteiger partial charge < -0.3 is 0 Å². The quantitative estimate of drug-likeness (QED) is 0.669. The third-order valence-electron chi connectivity index (χ3n) is 1.84. The molecule has 2 aromatic rings. The molecule has 2 rings (SSSR count). The summed E-state index contributed by atoms with van der Waals surface area (Å²) in [7, 11) is 0. The summed E-state index contributed by atoms with van der Waals surface area (Å²) in [6, 6.07) is 8.35. The van der Waals surface area contributed by atoms with Crippen LogP contribution >= 0.6 is 22.6 Å². The summed E-state index contributed by atoms with van der Waals surface area (Å²) in [5.41, 5.74) is 2.36. The Labute approximate surface area is 85.0 Å². The highest BCUT2D eigenvalue weighted by Crippen LogP contribution is 2.19. The molecule has 0 radical (unpaired) electrons. The zero-order valence-corrected chi connectivity index (χ0v) is 8.87. The standard InChI is InChI=1S/C10H8IN/c1-7-2-3-10-8(6-7)9(11)4-5-12-10/h2-6H,1H3. The minimum absolute atomic E-state index is 1.08. The fraction of sp³-hybridized carbons (Fsp3) is 0.100. The molecular weight excluding hydrogens is 261 g/mol. The number of pyridine rings is 1. The van der Waals surface area contributed by atoms with E-state index >= 15 is 0 Å². The fourth-order valence-electron chi connectivity index (χ4n) is 1.23. The van der Waals surface area contributed by atoms with Crippen molar-refractivity contribution in [1.29, 1.82) is 0 Å². The van der Waals surface area contributed by atoms with Gasteiger partial charge in [0.25, 0.3) is 0 Å². The van der Waals surface area contributed by atoms with Crippen LogP contribution in [0.4, 0.5) is 0 Å². The maximum Gasteiger partial charge on any atom is 0.0712 e. The van der Waals surface area contributed by atoms with Crippen molar-refractivity contribution < 1.29 is 0 Å². The molecule has 0 bridgehead atoms. The predicted octanol–water partition coefficient (Wildman–Crippen LogP) is 3.15. The Hall–Kier alpha value is -0.640. The van der Waals surface area contributed by atoms with Crippen LogP contribution in [-0.2, 0) is 0 Å². The van der Waals surface area contributed by atoms with E-state index in [0.29, 0.717) is 0 Å². The van der Waals surface area contributed by atoms with E-state index < -0.39 is 0 Å². The normalized spacial score (nSPS) is 10.5. The van der Waals surface area contributed by atoms with Crippen LogP contribution in [0.15, 0.2) is 30.5 Å². The summed E-state index contributed by atoms with van der Waals surface area (Å²) >= 11 is 2.33. The molecule has 0 amide bonds. The first-order valence-corrected chi connectivity index (χ1v) is 4.86. The molecule has 2 heteroatoms. The Morgan fingerprint density at radius 3 is 2.92 bits per heavy atom. The zero-order chi connectivity index (χ0) is 8.55. The van der Waals surface area contributed by atoms with Crippen LogP contribution in [0.5, 0.6) is 0 Å². The third-order valence-corrected chi connectivity index (χ3v) is 2.78. The van der Waals surface area contributed by atoms with Gasteiger partial charge in [0.1, 0.15) is 0 Å². The molecule has 0 atom stereocenters. The lowest BCUT2D eigenvalue weighted by Crippen LogP contribution is -1.82. The smallest absolute Gasteiger partial charge is 0.0712 e. The number of fused-ring (bicyclic) bond motifs is 1. The second-order valence-corrected chi connectivity index (χ2v) is 3.98. The summed E-state index contributed by atoms with van der Waals surface area (Å²) in [6.45, 7) is 2.10. The highest BCUT2D eigenvalue weighted by molar-refractivity contribution is 14.1. The molecule has 1 nitrogen and oxygen atoms in total. The molecular formula is C10H8IN. The van der Waals surface area contributed by atoms with Crippen LogP contribution in [-0.4, -0.2) is 4.98 Å². The van der Waals surface area contributed by atoms with Crippen LogP contribution in [0.1, 0.15) is 5.56 Å². The lowest BCUT2D eigenvalue weighted by atomic mass is 10.1. The number of rotatable bonds is 0. The van der Waals surface area contributed by atoms with Crippen molar-refractivity contribution in [3.05, 3.63) is 39.6 Å². The number of hydrogen-bond donors (Lipinski definition) is 0. The van der Waals surface area contributed by atoms with E-state index in [9.17, 15) is 0 Å². The van der Waals surface area contributed by atoms with Crippen LogP contribution in [0.25, 0.3) is 10.9 Å². The predicted molar refractivity (Wildman–Crippen MR) is 59.2 cm³/mol. The lowest BCUT2D eigenvalue weighted by molar-refractivity contribution is 1.38. The van der Waals surface area contributed by atoms with Crippen molar-refractivity contribution in [3.63, 3.8) is 0 Å². The molecule has 0 saturated carbocycles. The molecule has 0 saturated heterocycles. The monoisotopic (exact) mass is 269 g/mol. The van der Waals surface area contributed by atoms with E-state index in [1.54, 1.807) is 0 Å². The molecule has 0 aliphatic carbocycles. The van der Waals surface area contributed by atoms with Gasteiger partial charge in [-0.05, 0) is 47.7 Å². The van der Waals surface area contributed by atoms with Gasteiger partial charge in [0.2, 0.25) is 0 Å². The van der Waals surface area contributed by atoms with Crippen LogP contribution < -0.4 is 0 Å². The summed E-state index contributed by atoms with van der Waals surface area (Å²) in [4.78, 5) is 4.28. The largest absolute Gasteiger partial charge is 0.256 e. The number of nitrogens with zero attached hydrogens (tertiary/aromatic N) is 1. The van der Waals surface area contributed by atoms with Crippen molar-refractivity contribution in [3.8, 4) is 0 Å². The maximum absolute atomic E-state index is 4.28. The topological polar surface area (TPSA) is 12.9 Å². The number of aromatic nitrogens is 1. The van der Waals surface area contributed by atoms with Crippen molar-refractivity contribution >= 4 is 33.5 Å². The average molecular weight is 269 g/mol. The highest BCUT2D eigenvalue weighted by atomic mass is 127. The minimum atomic E-state index is 1.08. The van der Waals surface area contributed by atoms with E-state index in [0.717, 1.165) is 5.52 Å². The number of benzene rings is 1.